The van der Waals surface area contributed by atoms with Gasteiger partial charge in [0, 0.05) is 45.0 Å². The van der Waals surface area contributed by atoms with Crippen molar-refractivity contribution in [3.8, 4) is 0 Å². The summed E-state index contributed by atoms with van der Waals surface area (Å²) in [7, 11) is 0. The molecule has 0 amide bonds. The van der Waals surface area contributed by atoms with Crippen LogP contribution in [0.25, 0.3) is 0 Å². The zero-order valence-electron chi connectivity index (χ0n) is 13.4. The number of aliphatic imine (C=N–C) groups is 1. The molecule has 0 radical (unpaired) electrons. The normalized spacial score (nSPS) is 18.9. The van der Waals surface area contributed by atoms with Crippen LogP contribution in [-0.2, 0) is 0 Å². The molecule has 2 aliphatic rings. The molecule has 2 fully saturated rings. The van der Waals surface area contributed by atoms with Gasteiger partial charge in [0.25, 0.3) is 0 Å². The van der Waals surface area contributed by atoms with E-state index in [1.54, 1.807) is 0 Å². The summed E-state index contributed by atoms with van der Waals surface area (Å²) in [6, 6.07) is 10.7. The number of anilines is 1. The van der Waals surface area contributed by atoms with Crippen LogP contribution in [0.15, 0.2) is 35.3 Å². The zero-order valence-corrected chi connectivity index (χ0v) is 15.7. The average molecular weight is 414 g/mol. The van der Waals surface area contributed by atoms with Crippen LogP contribution in [0.3, 0.4) is 0 Å². The minimum Gasteiger partial charge on any atom is -0.368 e. The van der Waals surface area contributed by atoms with Gasteiger partial charge in [0.2, 0.25) is 0 Å². The number of guanidine groups is 1. The first kappa shape index (κ1) is 17.4. The summed E-state index contributed by atoms with van der Waals surface area (Å²) in [6.07, 6.45) is 2.73. The van der Waals surface area contributed by atoms with Crippen LogP contribution in [-0.4, -0.2) is 50.1 Å². The maximum Gasteiger partial charge on any atom is 0.194 e. The van der Waals surface area contributed by atoms with E-state index in [-0.39, 0.29) is 24.0 Å². The second kappa shape index (κ2) is 8.60. The molecule has 3 rings (SSSR count). The molecule has 1 aliphatic heterocycles. The smallest absolute Gasteiger partial charge is 0.194 e. The lowest BCUT2D eigenvalue weighted by Crippen LogP contribution is -2.52. The summed E-state index contributed by atoms with van der Waals surface area (Å²) in [5.74, 6) is 1.96. The Morgan fingerprint density at radius 3 is 2.41 bits per heavy atom. The van der Waals surface area contributed by atoms with Crippen LogP contribution >= 0.6 is 24.0 Å². The minimum absolute atomic E-state index is 0. The van der Waals surface area contributed by atoms with Crippen molar-refractivity contribution >= 4 is 35.6 Å². The first-order valence-electron chi connectivity index (χ1n) is 8.20. The molecule has 4 nitrogen and oxygen atoms in total. The third-order valence-corrected chi connectivity index (χ3v) is 4.23. The maximum atomic E-state index is 4.81. The fourth-order valence-corrected chi connectivity index (χ4v) is 2.76. The third-order valence-electron chi connectivity index (χ3n) is 4.23. The molecule has 1 saturated carbocycles. The number of hydrogen-bond acceptors (Lipinski definition) is 2. The van der Waals surface area contributed by atoms with Crippen LogP contribution in [0.2, 0.25) is 0 Å². The molecular formula is C17H27IN4. The SMILES string of the molecule is CCNC(=NCC1CC1)N1CCN(c2ccccc2)CC1.I. The van der Waals surface area contributed by atoms with Gasteiger partial charge in [-0.2, -0.15) is 0 Å². The Bertz CT molecular complexity index is 465. The van der Waals surface area contributed by atoms with Crippen molar-refractivity contribution in [1.29, 1.82) is 0 Å². The van der Waals surface area contributed by atoms with E-state index in [1.807, 2.05) is 0 Å². The summed E-state index contributed by atoms with van der Waals surface area (Å²) in [5, 5.41) is 3.45. The number of halogens is 1. The van der Waals surface area contributed by atoms with Gasteiger partial charge in [-0.25, -0.2) is 0 Å². The standard InChI is InChI=1S/C17H26N4.HI/c1-2-18-17(19-14-15-8-9-15)21-12-10-20(11-13-21)16-6-4-3-5-7-16;/h3-7,15H,2,8-14H2,1H3,(H,18,19);1H. The molecule has 1 heterocycles. The topological polar surface area (TPSA) is 30.9 Å². The van der Waals surface area contributed by atoms with Crippen molar-refractivity contribution < 1.29 is 0 Å². The molecule has 1 aromatic rings. The van der Waals surface area contributed by atoms with Crippen LogP contribution in [0, 0.1) is 5.92 Å². The highest BCUT2D eigenvalue weighted by Gasteiger charge is 2.23. The van der Waals surface area contributed by atoms with Gasteiger partial charge in [-0.15, -0.1) is 24.0 Å². The number of para-hydroxylation sites is 1. The van der Waals surface area contributed by atoms with E-state index in [0.717, 1.165) is 51.1 Å². The number of rotatable bonds is 4. The molecule has 0 atom stereocenters. The van der Waals surface area contributed by atoms with Gasteiger partial charge in [0.05, 0.1) is 0 Å². The van der Waals surface area contributed by atoms with Crippen LogP contribution in [0.1, 0.15) is 19.8 Å². The van der Waals surface area contributed by atoms with Crippen molar-refractivity contribution in [3.63, 3.8) is 0 Å². The molecule has 0 bridgehead atoms. The van der Waals surface area contributed by atoms with Gasteiger partial charge in [-0.05, 0) is 37.8 Å². The number of hydrogen-bond donors (Lipinski definition) is 1. The van der Waals surface area contributed by atoms with Crippen molar-refractivity contribution in [2.24, 2.45) is 10.9 Å². The molecule has 122 valence electrons. The molecule has 1 N–H and O–H groups in total. The predicted octanol–water partition coefficient (Wildman–Crippen LogP) is 2.80. The lowest BCUT2D eigenvalue weighted by Gasteiger charge is -2.37. The summed E-state index contributed by atoms with van der Waals surface area (Å²) in [5.41, 5.74) is 1.33. The Morgan fingerprint density at radius 1 is 1.14 bits per heavy atom. The van der Waals surface area contributed by atoms with E-state index in [4.69, 9.17) is 4.99 Å². The van der Waals surface area contributed by atoms with Gasteiger partial charge in [-0.1, -0.05) is 18.2 Å². The number of nitrogens with zero attached hydrogens (tertiary/aromatic N) is 3. The van der Waals surface area contributed by atoms with E-state index in [1.165, 1.54) is 18.5 Å². The Kier molecular flexibility index (Phi) is 6.79. The molecule has 22 heavy (non-hydrogen) atoms. The monoisotopic (exact) mass is 414 g/mol. The predicted molar refractivity (Wildman–Crippen MR) is 104 cm³/mol. The zero-order chi connectivity index (χ0) is 14.5. The number of nitrogens with one attached hydrogen (secondary N) is 1. The maximum absolute atomic E-state index is 4.81. The molecule has 1 aliphatic carbocycles. The Hall–Kier alpha value is -0.980. The molecule has 0 spiro atoms. The first-order valence-corrected chi connectivity index (χ1v) is 8.20. The Morgan fingerprint density at radius 2 is 1.82 bits per heavy atom. The van der Waals surface area contributed by atoms with E-state index >= 15 is 0 Å². The highest BCUT2D eigenvalue weighted by atomic mass is 127. The average Bonchev–Trinajstić information content (AvgIpc) is 3.37. The second-order valence-corrected chi connectivity index (χ2v) is 5.95. The van der Waals surface area contributed by atoms with Gasteiger partial charge in [-0.3, -0.25) is 4.99 Å². The molecule has 1 saturated heterocycles. The Labute approximate surface area is 151 Å². The highest BCUT2D eigenvalue weighted by molar-refractivity contribution is 14.0. The summed E-state index contributed by atoms with van der Waals surface area (Å²) in [4.78, 5) is 9.68. The lowest BCUT2D eigenvalue weighted by molar-refractivity contribution is 0.372. The van der Waals surface area contributed by atoms with E-state index in [2.05, 4.69) is 52.4 Å². The molecule has 1 aromatic carbocycles. The fourth-order valence-electron chi connectivity index (χ4n) is 2.76. The Balaban J connectivity index is 0.00000176. The highest BCUT2D eigenvalue weighted by Crippen LogP contribution is 2.28. The van der Waals surface area contributed by atoms with Crippen molar-refractivity contribution in [2.75, 3.05) is 44.2 Å². The van der Waals surface area contributed by atoms with Crippen LogP contribution in [0.4, 0.5) is 5.69 Å². The molecular weight excluding hydrogens is 387 g/mol. The largest absolute Gasteiger partial charge is 0.368 e. The van der Waals surface area contributed by atoms with Crippen molar-refractivity contribution in [2.45, 2.75) is 19.8 Å². The minimum atomic E-state index is 0. The molecule has 0 aromatic heterocycles. The molecule has 5 heteroatoms. The van der Waals surface area contributed by atoms with Crippen LogP contribution in [0.5, 0.6) is 0 Å². The summed E-state index contributed by atoms with van der Waals surface area (Å²) >= 11 is 0. The van der Waals surface area contributed by atoms with Gasteiger partial charge in [0.1, 0.15) is 0 Å². The van der Waals surface area contributed by atoms with Crippen molar-refractivity contribution in [1.82, 2.24) is 10.2 Å². The van der Waals surface area contributed by atoms with E-state index < -0.39 is 0 Å². The quantitative estimate of drug-likeness (QED) is 0.467. The van der Waals surface area contributed by atoms with Gasteiger partial charge < -0.3 is 15.1 Å². The van der Waals surface area contributed by atoms with Crippen LogP contribution < -0.4 is 10.2 Å². The molecule has 0 unspecified atom stereocenters. The number of piperazine rings is 1. The van der Waals surface area contributed by atoms with Gasteiger partial charge in [0.15, 0.2) is 5.96 Å². The first-order chi connectivity index (χ1) is 10.4. The van der Waals surface area contributed by atoms with E-state index in [0.29, 0.717) is 0 Å². The fraction of sp³-hybridized carbons (Fsp3) is 0.588. The third kappa shape index (κ3) is 4.76. The summed E-state index contributed by atoms with van der Waals surface area (Å²) in [6.45, 7) is 8.32. The lowest BCUT2D eigenvalue weighted by atomic mass is 10.2. The van der Waals surface area contributed by atoms with E-state index in [9.17, 15) is 0 Å². The second-order valence-electron chi connectivity index (χ2n) is 5.95. The van der Waals surface area contributed by atoms with Gasteiger partial charge >= 0.3 is 0 Å². The summed E-state index contributed by atoms with van der Waals surface area (Å²) < 4.78 is 0. The number of benzene rings is 1. The van der Waals surface area contributed by atoms with Crippen molar-refractivity contribution in [3.05, 3.63) is 30.3 Å².